The van der Waals surface area contributed by atoms with Crippen LogP contribution in [0.1, 0.15) is 39.7 Å². The largest absolute Gasteiger partial charge is 0.493 e. The Bertz CT molecular complexity index is 966. The van der Waals surface area contributed by atoms with Crippen LogP contribution in [0.4, 0.5) is 5.00 Å². The highest BCUT2D eigenvalue weighted by Gasteiger charge is 2.28. The number of aryl methyl sites for hydroxylation is 1. The van der Waals surface area contributed by atoms with Crippen LogP contribution in [-0.2, 0) is 22.4 Å². The van der Waals surface area contributed by atoms with E-state index in [1.54, 1.807) is 33.3 Å². The molecule has 0 radical (unpaired) electrons. The number of halogens is 1. The molecule has 1 aromatic heterocycles. The highest BCUT2D eigenvalue weighted by Crippen LogP contribution is 2.40. The Morgan fingerprint density at radius 2 is 2.03 bits per heavy atom. The molecule has 0 aliphatic heterocycles. The monoisotopic (exact) mass is 479 g/mol. The number of hydrogen-bond donors (Lipinski definition) is 1. The molecule has 1 aliphatic rings. The first kappa shape index (κ1) is 21.4. The number of fused-ring (bicyclic) bond motifs is 1. The van der Waals surface area contributed by atoms with E-state index in [2.05, 4.69) is 21.2 Å². The van der Waals surface area contributed by atoms with Gasteiger partial charge in [-0.3, -0.25) is 4.79 Å². The van der Waals surface area contributed by atoms with Crippen molar-refractivity contribution in [2.24, 2.45) is 0 Å². The summed E-state index contributed by atoms with van der Waals surface area (Å²) in [5.41, 5.74) is 2.28. The third kappa shape index (κ3) is 4.64. The highest BCUT2D eigenvalue weighted by molar-refractivity contribution is 9.10. The van der Waals surface area contributed by atoms with Gasteiger partial charge in [0.25, 0.3) is 0 Å². The molecule has 0 atom stereocenters. The fraction of sp³-hybridized carbons (Fsp3) is 0.333. The number of benzene rings is 1. The lowest BCUT2D eigenvalue weighted by molar-refractivity contribution is -0.111. The molecule has 29 heavy (non-hydrogen) atoms. The molecule has 2 aromatic rings. The van der Waals surface area contributed by atoms with Crippen LogP contribution in [0.3, 0.4) is 0 Å². The van der Waals surface area contributed by atoms with Crippen LogP contribution < -0.4 is 14.8 Å². The molecule has 0 fully saturated rings. The van der Waals surface area contributed by atoms with E-state index >= 15 is 0 Å². The molecule has 0 spiro atoms. The van der Waals surface area contributed by atoms with E-state index in [9.17, 15) is 9.59 Å². The zero-order chi connectivity index (χ0) is 21.0. The summed E-state index contributed by atoms with van der Waals surface area (Å²) < 4.78 is 16.5. The number of methoxy groups -OCH3 is 2. The maximum atomic E-state index is 12.5. The van der Waals surface area contributed by atoms with Gasteiger partial charge in [0.05, 0.1) is 30.9 Å². The summed E-state index contributed by atoms with van der Waals surface area (Å²) in [7, 11) is 3.11. The fourth-order valence-electron chi connectivity index (χ4n) is 3.27. The molecule has 3 rings (SSSR count). The van der Waals surface area contributed by atoms with E-state index in [0.717, 1.165) is 39.7 Å². The molecule has 1 aromatic carbocycles. The Balaban J connectivity index is 1.80. The summed E-state index contributed by atoms with van der Waals surface area (Å²) >= 11 is 4.89. The molecule has 6 nitrogen and oxygen atoms in total. The molecule has 8 heteroatoms. The van der Waals surface area contributed by atoms with E-state index in [1.807, 2.05) is 6.07 Å². The van der Waals surface area contributed by atoms with Crippen molar-refractivity contribution in [3.63, 3.8) is 0 Å². The van der Waals surface area contributed by atoms with Gasteiger partial charge in [-0.2, -0.15) is 0 Å². The molecular formula is C21H22BrNO5S. The second-order valence-corrected chi connectivity index (χ2v) is 8.30. The van der Waals surface area contributed by atoms with Crippen LogP contribution in [-0.4, -0.2) is 32.7 Å². The van der Waals surface area contributed by atoms with E-state index in [1.165, 1.54) is 17.4 Å². The number of amides is 1. The standard InChI is InChI=1S/C21H22BrNO5S/c1-4-28-21(25)18-13-6-5-7-16(13)29-20(18)23-17(24)9-8-12-10-14(22)19(27-3)15(11-12)26-2/h8-11H,4-7H2,1-3H3,(H,23,24)/b9-8+. The minimum Gasteiger partial charge on any atom is -0.493 e. The average molecular weight is 480 g/mol. The van der Waals surface area contributed by atoms with Gasteiger partial charge in [0.2, 0.25) is 5.91 Å². The Morgan fingerprint density at radius 3 is 2.72 bits per heavy atom. The molecule has 1 heterocycles. The summed E-state index contributed by atoms with van der Waals surface area (Å²) in [5.74, 6) is 0.443. The molecule has 0 bridgehead atoms. The zero-order valence-corrected chi connectivity index (χ0v) is 18.9. The topological polar surface area (TPSA) is 73.9 Å². The number of hydrogen-bond acceptors (Lipinski definition) is 6. The number of nitrogens with one attached hydrogen (secondary N) is 1. The molecule has 0 saturated heterocycles. The van der Waals surface area contributed by atoms with Crippen molar-refractivity contribution in [3.05, 3.63) is 44.2 Å². The van der Waals surface area contributed by atoms with Gasteiger partial charge in [-0.25, -0.2) is 4.79 Å². The summed E-state index contributed by atoms with van der Waals surface area (Å²) in [6, 6.07) is 3.60. The van der Waals surface area contributed by atoms with E-state index in [0.29, 0.717) is 28.7 Å². The third-order valence-electron chi connectivity index (χ3n) is 4.52. The van der Waals surface area contributed by atoms with Crippen molar-refractivity contribution < 1.29 is 23.8 Å². The van der Waals surface area contributed by atoms with Gasteiger partial charge in [-0.15, -0.1) is 11.3 Å². The molecule has 0 saturated carbocycles. The zero-order valence-electron chi connectivity index (χ0n) is 16.5. The van der Waals surface area contributed by atoms with Crippen molar-refractivity contribution in [1.82, 2.24) is 0 Å². The lowest BCUT2D eigenvalue weighted by Crippen LogP contribution is -2.13. The Morgan fingerprint density at radius 1 is 1.24 bits per heavy atom. The quantitative estimate of drug-likeness (QED) is 0.453. The number of rotatable bonds is 7. The van der Waals surface area contributed by atoms with Crippen LogP contribution >= 0.6 is 27.3 Å². The molecule has 1 aliphatic carbocycles. The molecular weight excluding hydrogens is 458 g/mol. The highest BCUT2D eigenvalue weighted by atomic mass is 79.9. The number of carbonyl (C=O) groups is 2. The molecule has 0 unspecified atom stereocenters. The van der Waals surface area contributed by atoms with Gasteiger partial charge in [-0.05, 0) is 71.5 Å². The summed E-state index contributed by atoms with van der Waals surface area (Å²) in [5, 5.41) is 3.39. The number of carbonyl (C=O) groups excluding carboxylic acids is 2. The maximum absolute atomic E-state index is 12.5. The number of anilines is 1. The van der Waals surface area contributed by atoms with Gasteiger partial charge < -0.3 is 19.5 Å². The van der Waals surface area contributed by atoms with Gasteiger partial charge in [-0.1, -0.05) is 0 Å². The van der Waals surface area contributed by atoms with Crippen LogP contribution in [0.2, 0.25) is 0 Å². The van der Waals surface area contributed by atoms with Gasteiger partial charge in [0.1, 0.15) is 5.00 Å². The minimum absolute atomic E-state index is 0.297. The first-order chi connectivity index (χ1) is 14.0. The summed E-state index contributed by atoms with van der Waals surface area (Å²) in [6.07, 6.45) is 5.89. The predicted octanol–water partition coefficient (Wildman–Crippen LogP) is 4.85. The van der Waals surface area contributed by atoms with Gasteiger partial charge in [0, 0.05) is 11.0 Å². The molecule has 154 valence electrons. The van der Waals surface area contributed by atoms with Crippen LogP contribution in [0, 0.1) is 0 Å². The third-order valence-corrected chi connectivity index (χ3v) is 6.32. The molecule has 1 N–H and O–H groups in total. The van der Waals surface area contributed by atoms with Gasteiger partial charge in [0.15, 0.2) is 11.5 Å². The minimum atomic E-state index is -0.380. The van der Waals surface area contributed by atoms with Crippen LogP contribution in [0.25, 0.3) is 6.08 Å². The van der Waals surface area contributed by atoms with E-state index in [4.69, 9.17) is 14.2 Å². The Labute approximate surface area is 182 Å². The number of ether oxygens (including phenoxy) is 3. The van der Waals surface area contributed by atoms with Crippen molar-refractivity contribution in [1.29, 1.82) is 0 Å². The second-order valence-electron chi connectivity index (χ2n) is 6.34. The van der Waals surface area contributed by atoms with Crippen molar-refractivity contribution in [3.8, 4) is 11.5 Å². The SMILES string of the molecule is CCOC(=O)c1c(NC(=O)/C=C/c2cc(Br)c(OC)c(OC)c2)sc2c1CCC2. The fourth-order valence-corrected chi connectivity index (χ4v) is 5.17. The Kier molecular flexibility index (Phi) is 6.97. The second kappa shape index (κ2) is 9.45. The normalized spacial score (nSPS) is 12.7. The summed E-state index contributed by atoms with van der Waals surface area (Å²) in [4.78, 5) is 26.0. The lowest BCUT2D eigenvalue weighted by Gasteiger charge is -2.10. The number of thiophene rings is 1. The van der Waals surface area contributed by atoms with Crippen molar-refractivity contribution in [2.45, 2.75) is 26.2 Å². The first-order valence-electron chi connectivity index (χ1n) is 9.20. The van der Waals surface area contributed by atoms with Crippen molar-refractivity contribution in [2.75, 3.05) is 26.1 Å². The van der Waals surface area contributed by atoms with E-state index in [-0.39, 0.29) is 11.9 Å². The Hall–Kier alpha value is -2.32. The molecule has 1 amide bonds. The smallest absolute Gasteiger partial charge is 0.341 e. The van der Waals surface area contributed by atoms with E-state index < -0.39 is 0 Å². The first-order valence-corrected chi connectivity index (χ1v) is 10.8. The number of esters is 1. The maximum Gasteiger partial charge on any atom is 0.341 e. The average Bonchev–Trinajstić information content (AvgIpc) is 3.26. The summed E-state index contributed by atoms with van der Waals surface area (Å²) in [6.45, 7) is 2.07. The lowest BCUT2D eigenvalue weighted by atomic mass is 10.1. The predicted molar refractivity (Wildman–Crippen MR) is 117 cm³/mol. The van der Waals surface area contributed by atoms with Gasteiger partial charge >= 0.3 is 5.97 Å². The van der Waals surface area contributed by atoms with Crippen molar-refractivity contribution >= 4 is 50.2 Å². The van der Waals surface area contributed by atoms with Crippen LogP contribution in [0.15, 0.2) is 22.7 Å². The van der Waals surface area contributed by atoms with Crippen LogP contribution in [0.5, 0.6) is 11.5 Å².